The molecule has 3 aromatic heterocycles. The molecule has 1 aromatic carbocycles. The summed E-state index contributed by atoms with van der Waals surface area (Å²) >= 11 is 0. The van der Waals surface area contributed by atoms with E-state index in [1.165, 1.54) is 22.0 Å². The van der Waals surface area contributed by atoms with Gasteiger partial charge in [0, 0.05) is 49.9 Å². The maximum atomic E-state index is 4.31. The minimum absolute atomic E-state index is 0. The Morgan fingerprint density at radius 3 is 2.72 bits per heavy atom. The van der Waals surface area contributed by atoms with E-state index in [1.54, 1.807) is 7.05 Å². The molecule has 0 saturated carbocycles. The predicted molar refractivity (Wildman–Crippen MR) is 128 cm³/mol. The average Bonchev–Trinajstić information content (AvgIpc) is 3.32. The molecule has 0 atom stereocenters. The van der Waals surface area contributed by atoms with Crippen molar-refractivity contribution in [2.24, 2.45) is 4.99 Å². The van der Waals surface area contributed by atoms with E-state index in [0.717, 1.165) is 43.4 Å². The number of hydrogen-bond donors (Lipinski definition) is 3. The van der Waals surface area contributed by atoms with Crippen molar-refractivity contribution in [3.05, 3.63) is 65.7 Å². The Balaban J connectivity index is 0.00000240. The molecule has 7 nitrogen and oxygen atoms in total. The number of aliphatic imine (C=N–C) groups is 1. The van der Waals surface area contributed by atoms with Crippen molar-refractivity contribution >= 4 is 46.5 Å². The quantitative estimate of drug-likeness (QED) is 0.215. The minimum Gasteiger partial charge on any atom is -0.361 e. The molecule has 29 heavy (non-hydrogen) atoms. The molecule has 0 aliphatic heterocycles. The van der Waals surface area contributed by atoms with Gasteiger partial charge in [0.15, 0.2) is 11.6 Å². The van der Waals surface area contributed by atoms with Crippen molar-refractivity contribution in [3.63, 3.8) is 0 Å². The third kappa shape index (κ3) is 4.69. The first-order valence-corrected chi connectivity index (χ1v) is 9.55. The fourth-order valence-corrected chi connectivity index (χ4v) is 3.46. The summed E-state index contributed by atoms with van der Waals surface area (Å²) in [5.41, 5.74) is 4.68. The van der Waals surface area contributed by atoms with Gasteiger partial charge < -0.3 is 15.6 Å². The molecule has 0 aliphatic rings. The lowest BCUT2D eigenvalue weighted by molar-refractivity contribution is 0.757. The molecule has 152 valence electrons. The Bertz CT molecular complexity index is 1110. The van der Waals surface area contributed by atoms with Crippen molar-refractivity contribution in [2.45, 2.75) is 19.8 Å². The zero-order valence-electron chi connectivity index (χ0n) is 16.6. The number of H-pyrrole nitrogens is 1. The van der Waals surface area contributed by atoms with Crippen molar-refractivity contribution in [1.29, 1.82) is 0 Å². The number of nitrogens with zero attached hydrogens (tertiary/aromatic N) is 4. The van der Waals surface area contributed by atoms with Crippen molar-refractivity contribution in [2.75, 3.05) is 20.1 Å². The van der Waals surface area contributed by atoms with Gasteiger partial charge in [0.1, 0.15) is 5.82 Å². The van der Waals surface area contributed by atoms with Gasteiger partial charge >= 0.3 is 0 Å². The van der Waals surface area contributed by atoms with Crippen LogP contribution in [0.4, 0.5) is 0 Å². The van der Waals surface area contributed by atoms with Crippen LogP contribution in [-0.2, 0) is 12.8 Å². The SMILES string of the molecule is CN=C(NCCc1c[nH]c2c(C)cccc12)NCCc1nnc2ccccn12.I. The number of hydrogen-bond acceptors (Lipinski definition) is 3. The summed E-state index contributed by atoms with van der Waals surface area (Å²) in [6.45, 7) is 3.68. The number of nitrogens with one attached hydrogen (secondary N) is 3. The number of aromatic nitrogens is 4. The van der Waals surface area contributed by atoms with E-state index in [4.69, 9.17) is 0 Å². The van der Waals surface area contributed by atoms with E-state index in [0.29, 0.717) is 0 Å². The Kier molecular flexibility index (Phi) is 7.08. The van der Waals surface area contributed by atoms with Crippen molar-refractivity contribution in [1.82, 2.24) is 30.2 Å². The van der Waals surface area contributed by atoms with Crippen LogP contribution >= 0.6 is 24.0 Å². The van der Waals surface area contributed by atoms with Crippen LogP contribution in [0.2, 0.25) is 0 Å². The van der Waals surface area contributed by atoms with Gasteiger partial charge in [-0.05, 0) is 36.6 Å². The van der Waals surface area contributed by atoms with E-state index in [1.807, 2.05) is 28.8 Å². The average molecular weight is 503 g/mol. The number of pyridine rings is 1. The Labute approximate surface area is 187 Å². The lowest BCUT2D eigenvalue weighted by atomic mass is 10.1. The number of fused-ring (bicyclic) bond motifs is 2. The largest absolute Gasteiger partial charge is 0.361 e. The predicted octanol–water partition coefficient (Wildman–Crippen LogP) is 3.09. The van der Waals surface area contributed by atoms with Crippen LogP contribution in [0, 0.1) is 6.92 Å². The van der Waals surface area contributed by atoms with E-state index in [-0.39, 0.29) is 24.0 Å². The van der Waals surface area contributed by atoms with Gasteiger partial charge in [0.2, 0.25) is 0 Å². The fraction of sp³-hybridized carbons (Fsp3) is 0.286. The lowest BCUT2D eigenvalue weighted by Gasteiger charge is -2.11. The number of halogens is 1. The second-order valence-corrected chi connectivity index (χ2v) is 6.78. The molecule has 0 saturated heterocycles. The van der Waals surface area contributed by atoms with Gasteiger partial charge in [-0.2, -0.15) is 0 Å². The molecule has 0 fully saturated rings. The van der Waals surface area contributed by atoms with E-state index in [2.05, 4.69) is 62.1 Å². The molecule has 3 N–H and O–H groups in total. The first-order chi connectivity index (χ1) is 13.8. The molecular formula is C21H26IN7. The summed E-state index contributed by atoms with van der Waals surface area (Å²) in [4.78, 5) is 7.69. The van der Waals surface area contributed by atoms with Gasteiger partial charge in [0.05, 0.1) is 0 Å². The number of rotatable bonds is 6. The molecule has 0 unspecified atom stereocenters. The highest BCUT2D eigenvalue weighted by Crippen LogP contribution is 2.21. The topological polar surface area (TPSA) is 82.4 Å². The summed E-state index contributed by atoms with van der Waals surface area (Å²) in [5.74, 6) is 1.73. The van der Waals surface area contributed by atoms with E-state index >= 15 is 0 Å². The number of aryl methyl sites for hydroxylation is 1. The Morgan fingerprint density at radius 1 is 1.07 bits per heavy atom. The van der Waals surface area contributed by atoms with Crippen LogP contribution in [0.25, 0.3) is 16.6 Å². The molecule has 0 amide bonds. The molecule has 4 aromatic rings. The summed E-state index contributed by atoms with van der Waals surface area (Å²) in [7, 11) is 1.79. The number of guanidine groups is 1. The van der Waals surface area contributed by atoms with Crippen LogP contribution in [0.15, 0.2) is 53.8 Å². The van der Waals surface area contributed by atoms with Crippen molar-refractivity contribution in [3.8, 4) is 0 Å². The highest BCUT2D eigenvalue weighted by atomic mass is 127. The molecule has 0 spiro atoms. The Morgan fingerprint density at radius 2 is 1.90 bits per heavy atom. The molecule has 4 rings (SSSR count). The summed E-state index contributed by atoms with van der Waals surface area (Å²) in [6, 6.07) is 12.3. The molecule has 8 heteroatoms. The van der Waals surface area contributed by atoms with Crippen LogP contribution < -0.4 is 10.6 Å². The highest BCUT2D eigenvalue weighted by Gasteiger charge is 2.07. The van der Waals surface area contributed by atoms with Gasteiger partial charge in [-0.15, -0.1) is 34.2 Å². The maximum absolute atomic E-state index is 4.31. The Hall–Kier alpha value is -2.62. The summed E-state index contributed by atoms with van der Waals surface area (Å²) in [6.07, 6.45) is 5.79. The lowest BCUT2D eigenvalue weighted by Crippen LogP contribution is -2.39. The first kappa shape index (κ1) is 21.1. The van der Waals surface area contributed by atoms with Crippen LogP contribution in [0.1, 0.15) is 17.0 Å². The molecule has 0 bridgehead atoms. The zero-order chi connectivity index (χ0) is 19.3. The van der Waals surface area contributed by atoms with Gasteiger partial charge in [-0.1, -0.05) is 24.3 Å². The number of benzene rings is 1. The van der Waals surface area contributed by atoms with E-state index in [9.17, 15) is 0 Å². The third-order valence-electron chi connectivity index (χ3n) is 4.95. The summed E-state index contributed by atoms with van der Waals surface area (Å²) in [5, 5.41) is 16.5. The number of para-hydroxylation sites is 1. The molecule has 3 heterocycles. The zero-order valence-corrected chi connectivity index (χ0v) is 19.0. The molecule has 0 radical (unpaired) electrons. The molecule has 0 aliphatic carbocycles. The van der Waals surface area contributed by atoms with E-state index < -0.39 is 0 Å². The maximum Gasteiger partial charge on any atom is 0.191 e. The van der Waals surface area contributed by atoms with Crippen LogP contribution in [0.3, 0.4) is 0 Å². The second kappa shape index (κ2) is 9.73. The minimum atomic E-state index is 0. The smallest absolute Gasteiger partial charge is 0.191 e. The summed E-state index contributed by atoms with van der Waals surface area (Å²) < 4.78 is 2.01. The second-order valence-electron chi connectivity index (χ2n) is 6.78. The van der Waals surface area contributed by atoms with Crippen LogP contribution in [0.5, 0.6) is 0 Å². The van der Waals surface area contributed by atoms with Crippen LogP contribution in [-0.4, -0.2) is 45.7 Å². The normalized spacial score (nSPS) is 11.6. The molecular weight excluding hydrogens is 477 g/mol. The highest BCUT2D eigenvalue weighted by molar-refractivity contribution is 14.0. The van der Waals surface area contributed by atoms with Gasteiger partial charge in [-0.3, -0.25) is 9.39 Å². The van der Waals surface area contributed by atoms with Gasteiger partial charge in [0.25, 0.3) is 0 Å². The monoisotopic (exact) mass is 503 g/mol. The third-order valence-corrected chi connectivity index (χ3v) is 4.95. The standard InChI is InChI=1S/C21H25N7.HI/c1-15-6-5-7-17-16(14-25-20(15)17)9-11-23-21(22-2)24-12-10-19-27-26-18-8-3-4-13-28(18)19;/h3-8,13-14,25H,9-12H2,1-2H3,(H2,22,23,24);1H. The van der Waals surface area contributed by atoms with Gasteiger partial charge in [-0.25, -0.2) is 0 Å². The van der Waals surface area contributed by atoms with Crippen molar-refractivity contribution < 1.29 is 0 Å². The first-order valence-electron chi connectivity index (χ1n) is 9.55. The fourth-order valence-electron chi connectivity index (χ4n) is 3.46. The number of aromatic amines is 1.